The minimum Gasteiger partial charge on any atom is -0.313 e. The second-order valence-corrected chi connectivity index (χ2v) is 7.61. The van der Waals surface area contributed by atoms with Crippen LogP contribution in [-0.4, -0.2) is 36.6 Å². The van der Waals surface area contributed by atoms with Crippen molar-refractivity contribution in [3.8, 4) is 0 Å². The summed E-state index contributed by atoms with van der Waals surface area (Å²) in [5, 5.41) is 3.78. The van der Waals surface area contributed by atoms with Crippen LogP contribution in [0.3, 0.4) is 0 Å². The van der Waals surface area contributed by atoms with E-state index in [0.29, 0.717) is 5.41 Å². The van der Waals surface area contributed by atoms with Gasteiger partial charge in [0.2, 0.25) is 0 Å². The van der Waals surface area contributed by atoms with Crippen LogP contribution < -0.4 is 5.32 Å². The molecule has 0 spiro atoms. The fourth-order valence-electron chi connectivity index (χ4n) is 4.93. The highest BCUT2D eigenvalue weighted by atomic mass is 15.2. The molecule has 104 valence electrons. The summed E-state index contributed by atoms with van der Waals surface area (Å²) in [7, 11) is 0. The molecule has 1 heterocycles. The SMILES string of the molecule is CCNC1C(CN2CC3CCC2C3)CCC1(C)C. The minimum absolute atomic E-state index is 0.499. The van der Waals surface area contributed by atoms with Crippen molar-refractivity contribution in [2.45, 2.75) is 65.0 Å². The molecule has 3 rings (SSSR count). The Kier molecular flexibility index (Phi) is 3.44. The Morgan fingerprint density at radius 2 is 2.06 bits per heavy atom. The van der Waals surface area contributed by atoms with Crippen LogP contribution in [0.15, 0.2) is 0 Å². The van der Waals surface area contributed by atoms with E-state index < -0.39 is 0 Å². The van der Waals surface area contributed by atoms with Crippen LogP contribution in [0.4, 0.5) is 0 Å². The second-order valence-electron chi connectivity index (χ2n) is 7.61. The van der Waals surface area contributed by atoms with Crippen LogP contribution in [0, 0.1) is 17.3 Å². The van der Waals surface area contributed by atoms with E-state index in [-0.39, 0.29) is 0 Å². The third kappa shape index (κ3) is 2.22. The van der Waals surface area contributed by atoms with Crippen LogP contribution in [0.2, 0.25) is 0 Å². The summed E-state index contributed by atoms with van der Waals surface area (Å²) >= 11 is 0. The Bertz CT molecular complexity index is 299. The first-order valence-electron chi connectivity index (χ1n) is 8.07. The lowest BCUT2D eigenvalue weighted by molar-refractivity contribution is 0.154. The molecule has 4 unspecified atom stereocenters. The molecule has 2 saturated carbocycles. The average Bonchev–Trinajstić information content (AvgIpc) is 2.99. The topological polar surface area (TPSA) is 15.3 Å². The molecule has 0 aromatic rings. The highest BCUT2D eigenvalue weighted by Gasteiger charge is 2.44. The van der Waals surface area contributed by atoms with Crippen molar-refractivity contribution in [2.24, 2.45) is 17.3 Å². The van der Waals surface area contributed by atoms with E-state index in [9.17, 15) is 0 Å². The predicted octanol–water partition coefficient (Wildman–Crippen LogP) is 2.89. The van der Waals surface area contributed by atoms with Gasteiger partial charge in [-0.05, 0) is 55.9 Å². The monoisotopic (exact) mass is 250 g/mol. The molecule has 2 heteroatoms. The molecule has 3 aliphatic rings. The van der Waals surface area contributed by atoms with Gasteiger partial charge in [-0.3, -0.25) is 4.90 Å². The molecule has 0 amide bonds. The first-order valence-corrected chi connectivity index (χ1v) is 8.07. The smallest absolute Gasteiger partial charge is 0.0159 e. The molecule has 1 N–H and O–H groups in total. The summed E-state index contributed by atoms with van der Waals surface area (Å²) in [6, 6.07) is 1.68. The lowest BCUT2D eigenvalue weighted by Gasteiger charge is -2.35. The standard InChI is InChI=1S/C16H30N2/c1-4-17-15-13(7-8-16(15,2)3)11-18-10-12-5-6-14(18)9-12/h12-15,17H,4-11H2,1-3H3. The minimum atomic E-state index is 0.499. The molecular weight excluding hydrogens is 220 g/mol. The summed E-state index contributed by atoms with van der Waals surface area (Å²) in [5.41, 5.74) is 0.499. The molecular formula is C16H30N2. The molecule has 2 nitrogen and oxygen atoms in total. The van der Waals surface area contributed by atoms with E-state index >= 15 is 0 Å². The zero-order chi connectivity index (χ0) is 12.8. The third-order valence-corrected chi connectivity index (χ3v) is 5.89. The van der Waals surface area contributed by atoms with E-state index in [1.54, 1.807) is 0 Å². The molecule has 2 bridgehead atoms. The normalized spacial score (nSPS) is 42.8. The highest BCUT2D eigenvalue weighted by Crippen LogP contribution is 2.44. The van der Waals surface area contributed by atoms with Crippen LogP contribution in [-0.2, 0) is 0 Å². The maximum atomic E-state index is 3.78. The van der Waals surface area contributed by atoms with Crippen molar-refractivity contribution < 1.29 is 0 Å². The fraction of sp³-hybridized carbons (Fsp3) is 1.00. The van der Waals surface area contributed by atoms with Crippen molar-refractivity contribution in [2.75, 3.05) is 19.6 Å². The Hall–Kier alpha value is -0.0800. The van der Waals surface area contributed by atoms with Gasteiger partial charge in [0.05, 0.1) is 0 Å². The molecule has 1 aliphatic heterocycles. The van der Waals surface area contributed by atoms with Crippen LogP contribution in [0.5, 0.6) is 0 Å². The Morgan fingerprint density at radius 1 is 1.22 bits per heavy atom. The zero-order valence-corrected chi connectivity index (χ0v) is 12.4. The average molecular weight is 250 g/mol. The predicted molar refractivity (Wildman–Crippen MR) is 76.7 cm³/mol. The lowest BCUT2D eigenvalue weighted by Crippen LogP contribution is -2.47. The summed E-state index contributed by atoms with van der Waals surface area (Å²) in [6.45, 7) is 11.1. The number of hydrogen-bond acceptors (Lipinski definition) is 2. The zero-order valence-electron chi connectivity index (χ0n) is 12.4. The van der Waals surface area contributed by atoms with Gasteiger partial charge in [-0.1, -0.05) is 20.8 Å². The maximum Gasteiger partial charge on any atom is 0.0159 e. The number of fused-ring (bicyclic) bond motifs is 2. The summed E-state index contributed by atoms with van der Waals surface area (Å²) in [4.78, 5) is 2.82. The van der Waals surface area contributed by atoms with Gasteiger partial charge in [-0.2, -0.15) is 0 Å². The Labute approximate surface area is 113 Å². The van der Waals surface area contributed by atoms with Gasteiger partial charge in [0.25, 0.3) is 0 Å². The van der Waals surface area contributed by atoms with Gasteiger partial charge >= 0.3 is 0 Å². The number of likely N-dealkylation sites (tertiary alicyclic amines) is 1. The molecule has 18 heavy (non-hydrogen) atoms. The van der Waals surface area contributed by atoms with Crippen molar-refractivity contribution >= 4 is 0 Å². The molecule has 4 atom stereocenters. The highest BCUT2D eigenvalue weighted by molar-refractivity contribution is 5.00. The van der Waals surface area contributed by atoms with E-state index in [0.717, 1.165) is 30.5 Å². The van der Waals surface area contributed by atoms with E-state index in [2.05, 4.69) is 31.0 Å². The van der Waals surface area contributed by atoms with Crippen LogP contribution >= 0.6 is 0 Å². The van der Waals surface area contributed by atoms with Crippen LogP contribution in [0.1, 0.15) is 52.9 Å². The summed E-state index contributed by atoms with van der Waals surface area (Å²) in [5.74, 6) is 1.93. The Morgan fingerprint density at radius 3 is 2.67 bits per heavy atom. The largest absolute Gasteiger partial charge is 0.313 e. The number of rotatable bonds is 4. The fourth-order valence-corrected chi connectivity index (χ4v) is 4.93. The second kappa shape index (κ2) is 4.79. The van der Waals surface area contributed by atoms with Gasteiger partial charge < -0.3 is 5.32 Å². The molecule has 0 aromatic heterocycles. The Balaban J connectivity index is 1.62. The first kappa shape index (κ1) is 12.9. The van der Waals surface area contributed by atoms with Gasteiger partial charge in [0.1, 0.15) is 0 Å². The van der Waals surface area contributed by atoms with Crippen molar-refractivity contribution in [3.63, 3.8) is 0 Å². The van der Waals surface area contributed by atoms with Gasteiger partial charge in [-0.25, -0.2) is 0 Å². The number of nitrogens with zero attached hydrogens (tertiary/aromatic N) is 1. The molecule has 0 aromatic carbocycles. The first-order chi connectivity index (χ1) is 8.60. The molecule has 3 fully saturated rings. The van der Waals surface area contributed by atoms with Crippen molar-refractivity contribution in [1.29, 1.82) is 0 Å². The molecule has 0 radical (unpaired) electrons. The summed E-state index contributed by atoms with van der Waals surface area (Å²) < 4.78 is 0. The summed E-state index contributed by atoms with van der Waals surface area (Å²) in [6.07, 6.45) is 7.32. The molecule has 1 saturated heterocycles. The maximum absolute atomic E-state index is 3.78. The number of nitrogens with one attached hydrogen (secondary N) is 1. The molecule has 2 aliphatic carbocycles. The van der Waals surface area contributed by atoms with E-state index in [1.807, 2.05) is 0 Å². The van der Waals surface area contributed by atoms with E-state index in [4.69, 9.17) is 0 Å². The van der Waals surface area contributed by atoms with Crippen LogP contribution in [0.25, 0.3) is 0 Å². The lowest BCUT2D eigenvalue weighted by atomic mass is 9.84. The van der Waals surface area contributed by atoms with Gasteiger partial charge in [0.15, 0.2) is 0 Å². The quantitative estimate of drug-likeness (QED) is 0.825. The third-order valence-electron chi connectivity index (χ3n) is 5.89. The van der Waals surface area contributed by atoms with Crippen molar-refractivity contribution in [1.82, 2.24) is 10.2 Å². The van der Waals surface area contributed by atoms with E-state index in [1.165, 1.54) is 45.2 Å². The van der Waals surface area contributed by atoms with Gasteiger partial charge in [-0.15, -0.1) is 0 Å². The van der Waals surface area contributed by atoms with Crippen molar-refractivity contribution in [3.05, 3.63) is 0 Å². The number of piperidine rings is 1. The number of hydrogen-bond donors (Lipinski definition) is 1. The van der Waals surface area contributed by atoms with Gasteiger partial charge in [0, 0.05) is 25.2 Å².